The first kappa shape index (κ1) is 35.7. The number of hydrogen-bond donors (Lipinski definition) is 0. The smallest absolute Gasteiger partial charge is 0.157 e. The van der Waals surface area contributed by atoms with E-state index in [4.69, 9.17) is 18.9 Å². The van der Waals surface area contributed by atoms with Crippen LogP contribution in [0.1, 0.15) is 142 Å². The van der Waals surface area contributed by atoms with Crippen molar-refractivity contribution < 1.29 is 18.9 Å². The van der Waals surface area contributed by atoms with E-state index in [1.54, 1.807) is 0 Å². The van der Waals surface area contributed by atoms with E-state index in [1.807, 2.05) is 0 Å². The molecule has 0 saturated carbocycles. The molecule has 232 valence electrons. The Balaban J connectivity index is 1.34. The lowest BCUT2D eigenvalue weighted by Crippen LogP contribution is -2.52. The first-order valence-electron chi connectivity index (χ1n) is 16.9. The molecule has 6 heteroatoms. The van der Waals surface area contributed by atoms with Crippen LogP contribution in [0.15, 0.2) is 0 Å². The second kappa shape index (κ2) is 25.1. The standard InChI is InChI=1S/C33H64O4S2/c1-3-5-7-9-11-13-15-17-23-38-25-19-21-31-34-27-33(28-35-31)29-36-32(37-30-33)22-20-26-39-24-18-16-14-12-10-8-6-4-2/h31-32H,3-30H2,1-2H3. The second-order valence-corrected chi connectivity index (χ2v) is 14.5. The van der Waals surface area contributed by atoms with Gasteiger partial charge in [-0.25, -0.2) is 0 Å². The molecule has 0 bridgehead atoms. The van der Waals surface area contributed by atoms with Crippen LogP contribution in [0.25, 0.3) is 0 Å². The monoisotopic (exact) mass is 588 g/mol. The van der Waals surface area contributed by atoms with Gasteiger partial charge in [0.15, 0.2) is 12.6 Å². The summed E-state index contributed by atoms with van der Waals surface area (Å²) in [7, 11) is 0. The molecule has 2 fully saturated rings. The van der Waals surface area contributed by atoms with Crippen molar-refractivity contribution in [3.05, 3.63) is 0 Å². The number of thioether (sulfide) groups is 2. The summed E-state index contributed by atoms with van der Waals surface area (Å²) >= 11 is 4.20. The van der Waals surface area contributed by atoms with Crippen LogP contribution < -0.4 is 0 Å². The maximum atomic E-state index is 6.09. The summed E-state index contributed by atoms with van der Waals surface area (Å²) in [6.07, 6.45) is 26.7. The summed E-state index contributed by atoms with van der Waals surface area (Å²) in [4.78, 5) is 0. The van der Waals surface area contributed by atoms with Crippen LogP contribution in [0.2, 0.25) is 0 Å². The Morgan fingerprint density at radius 2 is 0.744 bits per heavy atom. The summed E-state index contributed by atoms with van der Waals surface area (Å²) < 4.78 is 24.4. The molecule has 0 radical (unpaired) electrons. The first-order valence-corrected chi connectivity index (χ1v) is 19.2. The molecule has 0 N–H and O–H groups in total. The second-order valence-electron chi connectivity index (χ2n) is 12.1. The summed E-state index contributed by atoms with van der Waals surface area (Å²) in [5.41, 5.74) is -0.108. The lowest BCUT2D eigenvalue weighted by atomic mass is 9.90. The Morgan fingerprint density at radius 1 is 0.436 bits per heavy atom. The molecule has 0 aliphatic carbocycles. The predicted octanol–water partition coefficient (Wildman–Crippen LogP) is 10.0. The highest BCUT2D eigenvalue weighted by molar-refractivity contribution is 7.99. The van der Waals surface area contributed by atoms with E-state index >= 15 is 0 Å². The molecular formula is C33H64O4S2. The van der Waals surface area contributed by atoms with E-state index in [0.29, 0.717) is 26.4 Å². The van der Waals surface area contributed by atoms with Gasteiger partial charge in [-0.2, -0.15) is 23.5 Å². The molecule has 39 heavy (non-hydrogen) atoms. The van der Waals surface area contributed by atoms with E-state index in [2.05, 4.69) is 37.4 Å². The summed E-state index contributed by atoms with van der Waals surface area (Å²) in [6.45, 7) is 7.37. The summed E-state index contributed by atoms with van der Waals surface area (Å²) in [5.74, 6) is 5.04. The van der Waals surface area contributed by atoms with Gasteiger partial charge in [0.05, 0.1) is 31.8 Å². The van der Waals surface area contributed by atoms with Crippen molar-refractivity contribution >= 4 is 23.5 Å². The lowest BCUT2D eigenvalue weighted by Gasteiger charge is -2.43. The van der Waals surface area contributed by atoms with E-state index < -0.39 is 0 Å². The maximum Gasteiger partial charge on any atom is 0.157 e. The fourth-order valence-electron chi connectivity index (χ4n) is 5.34. The number of hydrogen-bond acceptors (Lipinski definition) is 6. The highest BCUT2D eigenvalue weighted by atomic mass is 32.2. The van der Waals surface area contributed by atoms with Crippen molar-refractivity contribution in [2.45, 2.75) is 155 Å². The van der Waals surface area contributed by atoms with Gasteiger partial charge in [-0.1, -0.05) is 104 Å². The minimum absolute atomic E-state index is 0.0462. The maximum absolute atomic E-state index is 6.09. The van der Waals surface area contributed by atoms with E-state index in [0.717, 1.165) is 12.8 Å². The Bertz CT molecular complexity index is 470. The normalized spacial score (nSPS) is 23.5. The molecule has 2 aliphatic rings. The Kier molecular flexibility index (Phi) is 23.0. The zero-order chi connectivity index (χ0) is 27.7. The van der Waals surface area contributed by atoms with Crippen LogP contribution in [-0.4, -0.2) is 62.0 Å². The largest absolute Gasteiger partial charge is 0.352 e. The van der Waals surface area contributed by atoms with Crippen LogP contribution in [0.5, 0.6) is 0 Å². The van der Waals surface area contributed by atoms with E-state index in [9.17, 15) is 0 Å². The SMILES string of the molecule is CCCCCCCCCCSCCCC1OCC2(CO1)COC(CCCSCCCCCCCCCC)OC2. The van der Waals surface area contributed by atoms with Crippen molar-refractivity contribution in [3.8, 4) is 0 Å². The van der Waals surface area contributed by atoms with Gasteiger partial charge in [0, 0.05) is 0 Å². The minimum Gasteiger partial charge on any atom is -0.352 e. The first-order chi connectivity index (χ1) is 19.3. The fourth-order valence-corrected chi connectivity index (χ4v) is 7.31. The molecule has 0 aromatic heterocycles. The highest BCUT2D eigenvalue weighted by Gasteiger charge is 2.41. The molecule has 4 nitrogen and oxygen atoms in total. The van der Waals surface area contributed by atoms with Crippen LogP contribution in [0, 0.1) is 5.41 Å². The Labute approximate surface area is 251 Å². The van der Waals surface area contributed by atoms with Crippen molar-refractivity contribution in [2.24, 2.45) is 5.41 Å². The molecule has 0 unspecified atom stereocenters. The number of ether oxygens (including phenoxy) is 4. The Hall–Kier alpha value is 0.540. The number of unbranched alkanes of at least 4 members (excludes halogenated alkanes) is 14. The van der Waals surface area contributed by atoms with Crippen molar-refractivity contribution in [3.63, 3.8) is 0 Å². The van der Waals surface area contributed by atoms with Crippen LogP contribution in [0.3, 0.4) is 0 Å². The zero-order valence-electron chi connectivity index (χ0n) is 25.9. The molecule has 2 rings (SSSR count). The Morgan fingerprint density at radius 3 is 1.10 bits per heavy atom. The van der Waals surface area contributed by atoms with E-state index in [-0.39, 0.29) is 18.0 Å². The van der Waals surface area contributed by atoms with Crippen molar-refractivity contribution in [1.82, 2.24) is 0 Å². The lowest BCUT2D eigenvalue weighted by molar-refractivity contribution is -0.303. The molecule has 0 aromatic rings. The van der Waals surface area contributed by atoms with Crippen molar-refractivity contribution in [2.75, 3.05) is 49.4 Å². The third-order valence-corrected chi connectivity index (χ3v) is 10.4. The van der Waals surface area contributed by atoms with Gasteiger partial charge in [-0.15, -0.1) is 0 Å². The molecule has 2 saturated heterocycles. The molecule has 0 atom stereocenters. The van der Waals surface area contributed by atoms with Gasteiger partial charge in [0.2, 0.25) is 0 Å². The molecule has 2 heterocycles. The molecule has 2 aliphatic heterocycles. The summed E-state index contributed by atoms with van der Waals surface area (Å²) in [5, 5.41) is 0. The van der Waals surface area contributed by atoms with Crippen LogP contribution >= 0.6 is 23.5 Å². The molecule has 0 amide bonds. The zero-order valence-corrected chi connectivity index (χ0v) is 27.5. The fraction of sp³-hybridized carbons (Fsp3) is 1.00. The van der Waals surface area contributed by atoms with Gasteiger partial charge in [0.1, 0.15) is 0 Å². The number of rotatable bonds is 26. The third kappa shape index (κ3) is 18.6. The molecular weight excluding hydrogens is 524 g/mol. The van der Waals surface area contributed by atoms with Gasteiger partial charge < -0.3 is 18.9 Å². The highest BCUT2D eigenvalue weighted by Crippen LogP contribution is 2.32. The van der Waals surface area contributed by atoms with Gasteiger partial charge in [0.25, 0.3) is 0 Å². The topological polar surface area (TPSA) is 36.9 Å². The third-order valence-electron chi connectivity index (χ3n) is 8.04. The van der Waals surface area contributed by atoms with Crippen LogP contribution in [0.4, 0.5) is 0 Å². The van der Waals surface area contributed by atoms with Crippen molar-refractivity contribution in [1.29, 1.82) is 0 Å². The quantitative estimate of drug-likeness (QED) is 0.0936. The van der Waals surface area contributed by atoms with Crippen LogP contribution in [-0.2, 0) is 18.9 Å². The molecule has 0 aromatic carbocycles. The van der Waals surface area contributed by atoms with E-state index in [1.165, 1.54) is 139 Å². The molecule has 1 spiro atoms. The average molecular weight is 589 g/mol. The van der Waals surface area contributed by atoms with Gasteiger partial charge >= 0.3 is 0 Å². The summed E-state index contributed by atoms with van der Waals surface area (Å²) in [6, 6.07) is 0. The minimum atomic E-state index is -0.108. The van der Waals surface area contributed by atoms with Gasteiger partial charge in [-0.3, -0.25) is 0 Å². The van der Waals surface area contributed by atoms with Gasteiger partial charge in [-0.05, 0) is 61.5 Å². The predicted molar refractivity (Wildman–Crippen MR) is 172 cm³/mol. The average Bonchev–Trinajstić information content (AvgIpc) is 2.96.